The Morgan fingerprint density at radius 3 is 2.27 bits per heavy atom. The average Bonchev–Trinajstić information content (AvgIpc) is 1.85. The molecule has 0 amide bonds. The summed E-state index contributed by atoms with van der Waals surface area (Å²) in [5, 5.41) is 7.10. The standard InChI is InChI=1S/C6H8Cl3NO/c1-3-4(2)11-5(10)6(7,8)9/h10H,2-3H2,1H3. The molecule has 64 valence electrons. The third-order valence-corrected chi connectivity index (χ3v) is 1.41. The lowest BCUT2D eigenvalue weighted by atomic mass is 10.4. The summed E-state index contributed by atoms with van der Waals surface area (Å²) in [5.74, 6) is -0.0179. The van der Waals surface area contributed by atoms with Gasteiger partial charge in [-0.15, -0.1) is 0 Å². The lowest BCUT2D eigenvalue weighted by Crippen LogP contribution is -2.20. The Balaban J connectivity index is 3.99. The first-order chi connectivity index (χ1) is 4.88. The Hall–Kier alpha value is 0.0800. The fourth-order valence-electron chi connectivity index (χ4n) is 0.274. The van der Waals surface area contributed by atoms with Gasteiger partial charge in [-0.25, -0.2) is 0 Å². The van der Waals surface area contributed by atoms with Crippen molar-refractivity contribution in [2.24, 2.45) is 0 Å². The van der Waals surface area contributed by atoms with Crippen molar-refractivity contribution in [2.75, 3.05) is 0 Å². The van der Waals surface area contributed by atoms with E-state index in [0.29, 0.717) is 12.2 Å². The molecular formula is C6H8Cl3NO. The van der Waals surface area contributed by atoms with E-state index >= 15 is 0 Å². The van der Waals surface area contributed by atoms with Gasteiger partial charge in [-0.3, -0.25) is 5.41 Å². The van der Waals surface area contributed by atoms with Gasteiger partial charge in [0.2, 0.25) is 5.90 Å². The highest BCUT2D eigenvalue weighted by Gasteiger charge is 2.28. The quantitative estimate of drug-likeness (QED) is 0.327. The number of nitrogens with one attached hydrogen (secondary N) is 1. The Kier molecular flexibility index (Phi) is 4.22. The summed E-state index contributed by atoms with van der Waals surface area (Å²) in [4.78, 5) is 0. The van der Waals surface area contributed by atoms with E-state index in [1.807, 2.05) is 6.92 Å². The lowest BCUT2D eigenvalue weighted by Gasteiger charge is -2.13. The van der Waals surface area contributed by atoms with Crippen molar-refractivity contribution < 1.29 is 4.74 Å². The average molecular weight is 216 g/mol. The van der Waals surface area contributed by atoms with Gasteiger partial charge in [0, 0.05) is 6.42 Å². The highest BCUT2D eigenvalue weighted by Crippen LogP contribution is 2.28. The zero-order valence-electron chi connectivity index (χ0n) is 5.96. The first-order valence-electron chi connectivity index (χ1n) is 2.89. The van der Waals surface area contributed by atoms with Gasteiger partial charge in [-0.1, -0.05) is 48.3 Å². The van der Waals surface area contributed by atoms with Crippen LogP contribution in [-0.4, -0.2) is 9.69 Å². The van der Waals surface area contributed by atoms with Gasteiger partial charge in [0.15, 0.2) is 0 Å². The minimum Gasteiger partial charge on any atom is -0.444 e. The molecule has 0 saturated carbocycles. The van der Waals surface area contributed by atoms with Crippen LogP contribution in [0.5, 0.6) is 0 Å². The molecule has 0 aromatic carbocycles. The topological polar surface area (TPSA) is 33.1 Å². The van der Waals surface area contributed by atoms with Crippen molar-refractivity contribution in [3.05, 3.63) is 12.3 Å². The summed E-state index contributed by atoms with van der Waals surface area (Å²) < 4.78 is 2.96. The molecule has 2 nitrogen and oxygen atoms in total. The van der Waals surface area contributed by atoms with Gasteiger partial charge >= 0.3 is 0 Å². The van der Waals surface area contributed by atoms with Gasteiger partial charge < -0.3 is 4.74 Å². The maximum atomic E-state index is 7.10. The normalized spacial score (nSPS) is 10.9. The fourth-order valence-corrected chi connectivity index (χ4v) is 0.390. The van der Waals surface area contributed by atoms with Crippen LogP contribution in [0.2, 0.25) is 0 Å². The number of rotatable bonds is 2. The first-order valence-corrected chi connectivity index (χ1v) is 4.02. The number of allylic oxidation sites excluding steroid dienone is 1. The first kappa shape index (κ1) is 11.1. The Labute approximate surface area is 80.6 Å². The maximum absolute atomic E-state index is 7.10. The molecule has 0 aliphatic heterocycles. The van der Waals surface area contributed by atoms with Crippen LogP contribution in [0.1, 0.15) is 13.3 Å². The third kappa shape index (κ3) is 4.51. The van der Waals surface area contributed by atoms with Crippen molar-refractivity contribution >= 4 is 40.7 Å². The van der Waals surface area contributed by atoms with Gasteiger partial charge in [-0.05, 0) is 0 Å². The van der Waals surface area contributed by atoms with E-state index in [4.69, 9.17) is 44.9 Å². The van der Waals surface area contributed by atoms with Crippen molar-refractivity contribution in [3.8, 4) is 0 Å². The van der Waals surface area contributed by atoms with Crippen LogP contribution < -0.4 is 0 Å². The summed E-state index contributed by atoms with van der Waals surface area (Å²) in [6.07, 6.45) is 0.586. The Morgan fingerprint density at radius 1 is 1.55 bits per heavy atom. The summed E-state index contributed by atoms with van der Waals surface area (Å²) in [7, 11) is 0. The molecule has 0 aliphatic carbocycles. The van der Waals surface area contributed by atoms with Gasteiger partial charge in [0.25, 0.3) is 3.79 Å². The molecule has 1 N–H and O–H groups in total. The lowest BCUT2D eigenvalue weighted by molar-refractivity contribution is 0.390. The van der Waals surface area contributed by atoms with E-state index in [-0.39, 0.29) is 0 Å². The molecule has 0 fully saturated rings. The predicted molar refractivity (Wildman–Crippen MR) is 48.5 cm³/mol. The molecule has 0 aromatic rings. The molecule has 0 aliphatic rings. The van der Waals surface area contributed by atoms with E-state index < -0.39 is 9.69 Å². The second-order valence-electron chi connectivity index (χ2n) is 1.82. The number of halogens is 3. The molecule has 0 bridgehead atoms. The van der Waals surface area contributed by atoms with Crippen molar-refractivity contribution in [1.82, 2.24) is 0 Å². The SMILES string of the molecule is C=C(CC)OC(=N)C(Cl)(Cl)Cl. The largest absolute Gasteiger partial charge is 0.444 e. The number of ether oxygens (including phenoxy) is 1. The van der Waals surface area contributed by atoms with Crippen LogP contribution in [-0.2, 0) is 4.74 Å². The molecule has 0 aromatic heterocycles. The zero-order valence-corrected chi connectivity index (χ0v) is 8.22. The van der Waals surface area contributed by atoms with E-state index in [2.05, 4.69) is 6.58 Å². The fraction of sp³-hybridized carbons (Fsp3) is 0.500. The maximum Gasteiger partial charge on any atom is 0.266 e. The zero-order chi connectivity index (χ0) is 9.07. The summed E-state index contributed by atoms with van der Waals surface area (Å²) >= 11 is 16.0. The molecule has 0 heterocycles. The Bertz CT molecular complexity index is 173. The second-order valence-corrected chi connectivity index (χ2v) is 4.10. The molecule has 5 heteroatoms. The molecule has 0 unspecified atom stereocenters. The van der Waals surface area contributed by atoms with Crippen LogP contribution in [0.25, 0.3) is 0 Å². The van der Waals surface area contributed by atoms with E-state index in [1.54, 1.807) is 0 Å². The third-order valence-electron chi connectivity index (χ3n) is 0.898. The minimum absolute atomic E-state index is 0.404. The number of alkyl halides is 3. The molecule has 11 heavy (non-hydrogen) atoms. The van der Waals surface area contributed by atoms with Crippen molar-refractivity contribution in [1.29, 1.82) is 5.41 Å². The highest BCUT2D eigenvalue weighted by atomic mass is 35.6. The van der Waals surface area contributed by atoms with E-state index in [0.717, 1.165) is 0 Å². The Morgan fingerprint density at radius 2 is 2.00 bits per heavy atom. The predicted octanol–water partition coefficient (Wildman–Crippen LogP) is 3.27. The second kappa shape index (κ2) is 4.19. The van der Waals surface area contributed by atoms with Crippen LogP contribution in [0.4, 0.5) is 0 Å². The monoisotopic (exact) mass is 215 g/mol. The molecule has 0 radical (unpaired) electrons. The smallest absolute Gasteiger partial charge is 0.266 e. The van der Waals surface area contributed by atoms with E-state index in [9.17, 15) is 0 Å². The number of hydrogen-bond donors (Lipinski definition) is 1. The molecule has 0 rings (SSSR count). The highest BCUT2D eigenvalue weighted by molar-refractivity contribution is 6.76. The van der Waals surface area contributed by atoms with Crippen LogP contribution >= 0.6 is 34.8 Å². The molecule has 0 saturated heterocycles. The van der Waals surface area contributed by atoms with Crippen LogP contribution in [0, 0.1) is 5.41 Å². The molecule has 0 atom stereocenters. The van der Waals surface area contributed by atoms with E-state index in [1.165, 1.54) is 0 Å². The molecular weight excluding hydrogens is 208 g/mol. The summed E-state index contributed by atoms with van der Waals surface area (Å²) in [6, 6.07) is 0. The van der Waals surface area contributed by atoms with Crippen LogP contribution in [0.3, 0.4) is 0 Å². The van der Waals surface area contributed by atoms with Crippen LogP contribution in [0.15, 0.2) is 12.3 Å². The van der Waals surface area contributed by atoms with Gasteiger partial charge in [0.05, 0.1) is 5.76 Å². The van der Waals surface area contributed by atoms with Gasteiger partial charge in [0.1, 0.15) is 0 Å². The van der Waals surface area contributed by atoms with Gasteiger partial charge in [-0.2, -0.15) is 0 Å². The summed E-state index contributed by atoms with van der Waals surface area (Å²) in [5.41, 5.74) is 0. The minimum atomic E-state index is -1.79. The van der Waals surface area contributed by atoms with Crippen molar-refractivity contribution in [2.45, 2.75) is 17.1 Å². The van der Waals surface area contributed by atoms with Crippen molar-refractivity contribution in [3.63, 3.8) is 0 Å². The molecule has 0 spiro atoms. The number of hydrogen-bond acceptors (Lipinski definition) is 2. The summed E-state index contributed by atoms with van der Waals surface area (Å²) in [6.45, 7) is 5.32.